The molecule has 1 aliphatic rings. The molecule has 5 nitrogen and oxygen atoms in total. The van der Waals surface area contributed by atoms with Crippen molar-refractivity contribution in [1.82, 2.24) is 10.4 Å². The molecule has 4 atom stereocenters. The number of hydroxylamine groups is 1. The number of likely N-dealkylation sites (N-methyl/N-ethyl adjacent to an activating group) is 1. The van der Waals surface area contributed by atoms with Gasteiger partial charge in [0.1, 0.15) is 11.9 Å². The Morgan fingerprint density at radius 3 is 2.72 bits per heavy atom. The number of nitrogens with one attached hydrogen (secondary N) is 1. The first kappa shape index (κ1) is 18.0. The molecule has 0 bridgehead atoms. The van der Waals surface area contributed by atoms with Crippen LogP contribution < -0.4 is 5.48 Å². The number of carbonyl (C=O) groups is 1. The Bertz CT molecular complexity index is 317. The van der Waals surface area contributed by atoms with Crippen LogP contribution in [-0.4, -0.2) is 47.1 Å². The fourth-order valence-corrected chi connectivity index (χ4v) is 2.22. The van der Waals surface area contributed by atoms with Gasteiger partial charge in [0.05, 0.1) is 12.1 Å². The second-order valence-electron chi connectivity index (χ2n) is 4.36. The van der Waals surface area contributed by atoms with Gasteiger partial charge in [-0.1, -0.05) is 12.5 Å². The van der Waals surface area contributed by atoms with Crippen LogP contribution in [0.15, 0.2) is 0 Å². The maximum Gasteiger partial charge on any atom is 0.144 e. The van der Waals surface area contributed by atoms with Crippen LogP contribution in [0.25, 0.3) is 0 Å². The van der Waals surface area contributed by atoms with Crippen LogP contribution in [0.5, 0.6) is 0 Å². The zero-order valence-corrected chi connectivity index (χ0v) is 13.8. The van der Waals surface area contributed by atoms with Crippen LogP contribution in [0, 0.1) is 19.0 Å². The molecule has 0 aromatic heterocycles. The standard InChI is InChI=1S/C12H19N2O3.Y/c1-5-17-13-12(9(3)16)11-7-6-10(8(2)15)14(11)4;/h1,7,9-13,16H,6H2,2-4H3;/q-1;/t9?,10-,11-,12?;/m1./s1. The topological polar surface area (TPSA) is 61.8 Å². The summed E-state index contributed by atoms with van der Waals surface area (Å²) in [6.45, 7) is 3.22. The number of ketones is 1. The van der Waals surface area contributed by atoms with E-state index in [1.807, 2.05) is 24.5 Å². The summed E-state index contributed by atoms with van der Waals surface area (Å²) in [7, 11) is 1.85. The number of rotatable bonds is 5. The van der Waals surface area contributed by atoms with Gasteiger partial charge >= 0.3 is 0 Å². The molecule has 1 heterocycles. The molecule has 1 radical (unpaired) electrons. The van der Waals surface area contributed by atoms with Crippen molar-refractivity contribution >= 4 is 5.78 Å². The van der Waals surface area contributed by atoms with Crippen LogP contribution in [0.1, 0.15) is 20.3 Å². The van der Waals surface area contributed by atoms with Crippen molar-refractivity contribution in [3.63, 3.8) is 0 Å². The Morgan fingerprint density at radius 1 is 1.72 bits per heavy atom. The number of hydrogen-bond acceptors (Lipinski definition) is 5. The van der Waals surface area contributed by atoms with Gasteiger partial charge in [-0.05, 0) is 20.9 Å². The Labute approximate surface area is 133 Å². The largest absolute Gasteiger partial charge is 0.392 e. The molecule has 0 aromatic carbocycles. The van der Waals surface area contributed by atoms with Crippen molar-refractivity contribution in [3.8, 4) is 12.5 Å². The van der Waals surface area contributed by atoms with Crippen molar-refractivity contribution in [1.29, 1.82) is 0 Å². The van der Waals surface area contributed by atoms with Crippen LogP contribution >= 0.6 is 0 Å². The van der Waals surface area contributed by atoms with Gasteiger partial charge in [0.2, 0.25) is 0 Å². The molecular formula is C12H19N2O3Y-. The molecule has 2 N–H and O–H groups in total. The van der Waals surface area contributed by atoms with E-state index < -0.39 is 6.10 Å². The Kier molecular flexibility index (Phi) is 8.24. The number of hydrogen-bond donors (Lipinski definition) is 2. The second kappa shape index (κ2) is 8.24. The molecule has 0 aromatic rings. The summed E-state index contributed by atoms with van der Waals surface area (Å²) in [6, 6.07) is -0.577. The predicted molar refractivity (Wildman–Crippen MR) is 63.5 cm³/mol. The van der Waals surface area contributed by atoms with Crippen LogP contribution in [0.3, 0.4) is 0 Å². The third-order valence-corrected chi connectivity index (χ3v) is 3.17. The number of terminal acetylenes is 1. The Balaban J connectivity index is 0.00000289. The van der Waals surface area contributed by atoms with E-state index in [0.29, 0.717) is 6.42 Å². The summed E-state index contributed by atoms with van der Waals surface area (Å²) in [4.78, 5) is 18.0. The number of likely N-dealkylation sites (tertiary alicyclic amines) is 1. The number of aliphatic hydroxyl groups excluding tert-OH is 1. The van der Waals surface area contributed by atoms with Gasteiger partial charge < -0.3 is 21.3 Å². The van der Waals surface area contributed by atoms with E-state index in [1.165, 1.54) is 0 Å². The zero-order chi connectivity index (χ0) is 13.0. The average molecular weight is 328 g/mol. The number of Topliss-reactive ketones (excluding diaryl/α,β-unsaturated/α-hetero) is 1. The molecular weight excluding hydrogens is 309 g/mol. The maximum absolute atomic E-state index is 11.4. The predicted octanol–water partition coefficient (Wildman–Crippen LogP) is -0.289. The van der Waals surface area contributed by atoms with Crippen LogP contribution in [-0.2, 0) is 42.3 Å². The Morgan fingerprint density at radius 2 is 2.33 bits per heavy atom. The van der Waals surface area contributed by atoms with E-state index >= 15 is 0 Å². The molecule has 2 unspecified atom stereocenters. The number of carbonyl (C=O) groups excluding carboxylic acids is 1. The molecule has 1 aliphatic heterocycles. The first-order chi connectivity index (χ1) is 7.99. The van der Waals surface area contributed by atoms with Crippen molar-refractivity contribution in [2.24, 2.45) is 0 Å². The van der Waals surface area contributed by atoms with Gasteiger partial charge in [0, 0.05) is 38.8 Å². The summed E-state index contributed by atoms with van der Waals surface area (Å²) in [5.74, 6) is 0.119. The molecule has 18 heavy (non-hydrogen) atoms. The third kappa shape index (κ3) is 4.29. The summed E-state index contributed by atoms with van der Waals surface area (Å²) >= 11 is 0. The van der Waals surface area contributed by atoms with Gasteiger partial charge in [-0.3, -0.25) is 4.79 Å². The smallest absolute Gasteiger partial charge is 0.144 e. The van der Waals surface area contributed by atoms with Gasteiger partial charge in [0.25, 0.3) is 0 Å². The molecule has 1 rings (SSSR count). The molecule has 0 amide bonds. The van der Waals surface area contributed by atoms with Crippen molar-refractivity contribution in [3.05, 3.63) is 6.42 Å². The summed E-state index contributed by atoms with van der Waals surface area (Å²) in [6.07, 6.45) is 9.03. The fourth-order valence-electron chi connectivity index (χ4n) is 2.22. The molecule has 1 saturated heterocycles. The molecule has 1 fully saturated rings. The van der Waals surface area contributed by atoms with Crippen molar-refractivity contribution in [2.45, 2.75) is 44.5 Å². The van der Waals surface area contributed by atoms with Crippen molar-refractivity contribution < 1.29 is 47.4 Å². The number of aliphatic hydroxyl groups is 1. The minimum Gasteiger partial charge on any atom is -0.392 e. The molecule has 0 spiro atoms. The Hall–Kier alpha value is 0.0139. The van der Waals surface area contributed by atoms with Crippen molar-refractivity contribution in [2.75, 3.05) is 7.05 Å². The first-order valence-corrected chi connectivity index (χ1v) is 5.59. The fraction of sp³-hybridized carbons (Fsp3) is 0.667. The minimum atomic E-state index is -0.641. The van der Waals surface area contributed by atoms with Crippen LogP contribution in [0.2, 0.25) is 0 Å². The van der Waals surface area contributed by atoms with Gasteiger partial charge in [0.15, 0.2) is 0 Å². The SMILES string of the molecule is C#CONC(C(C)O)[C@H]1[CH-]C[C@H](C(C)=O)N1C.[Y]. The van der Waals surface area contributed by atoms with E-state index in [9.17, 15) is 9.90 Å². The van der Waals surface area contributed by atoms with E-state index in [4.69, 9.17) is 11.3 Å². The molecule has 0 saturated carbocycles. The second-order valence-corrected chi connectivity index (χ2v) is 4.36. The summed E-state index contributed by atoms with van der Waals surface area (Å²) in [5.41, 5.74) is 2.63. The monoisotopic (exact) mass is 328 g/mol. The van der Waals surface area contributed by atoms with E-state index in [2.05, 4.69) is 5.48 Å². The minimum absolute atomic E-state index is 0. The quantitative estimate of drug-likeness (QED) is 0.413. The maximum atomic E-state index is 11.4. The molecule has 6 heteroatoms. The van der Waals surface area contributed by atoms with E-state index in [0.717, 1.165) is 0 Å². The number of nitrogens with zero attached hydrogens (tertiary/aromatic N) is 1. The van der Waals surface area contributed by atoms with Gasteiger partial charge in [-0.25, -0.2) is 0 Å². The zero-order valence-electron chi connectivity index (χ0n) is 11.0. The summed E-state index contributed by atoms with van der Waals surface area (Å²) in [5, 5.41) is 9.70. The van der Waals surface area contributed by atoms with Crippen LogP contribution in [0.4, 0.5) is 0 Å². The molecule has 99 valence electrons. The normalized spacial score (nSPS) is 26.8. The van der Waals surface area contributed by atoms with Gasteiger partial charge in [-0.15, -0.1) is 5.48 Å². The molecule has 0 aliphatic carbocycles. The first-order valence-electron chi connectivity index (χ1n) is 5.59. The van der Waals surface area contributed by atoms with E-state index in [-0.39, 0.29) is 56.6 Å². The summed E-state index contributed by atoms with van der Waals surface area (Å²) < 4.78 is 0. The third-order valence-electron chi connectivity index (χ3n) is 3.17. The van der Waals surface area contributed by atoms with Gasteiger partial charge in [-0.2, -0.15) is 6.42 Å². The van der Waals surface area contributed by atoms with E-state index in [1.54, 1.807) is 13.8 Å². The average Bonchev–Trinajstić information content (AvgIpc) is 2.61.